The first kappa shape index (κ1) is 13.8. The predicted octanol–water partition coefficient (Wildman–Crippen LogP) is 2.25. The molecule has 1 amide bonds. The molecule has 21 heavy (non-hydrogen) atoms. The highest BCUT2D eigenvalue weighted by molar-refractivity contribution is 5.78. The van der Waals surface area contributed by atoms with Crippen molar-refractivity contribution in [1.29, 1.82) is 0 Å². The third kappa shape index (κ3) is 3.48. The van der Waals surface area contributed by atoms with E-state index in [1.54, 1.807) is 6.20 Å². The van der Waals surface area contributed by atoms with Gasteiger partial charge in [0.05, 0.1) is 12.2 Å². The van der Waals surface area contributed by atoms with Gasteiger partial charge in [0.2, 0.25) is 5.91 Å². The minimum Gasteiger partial charge on any atom is -0.354 e. The molecule has 3 rings (SSSR count). The van der Waals surface area contributed by atoms with Gasteiger partial charge in [-0.25, -0.2) is 0 Å². The lowest BCUT2D eigenvalue weighted by atomic mass is 10.1. The highest BCUT2D eigenvalue weighted by Gasteiger charge is 2.21. The fraction of sp³-hybridized carbons (Fsp3) is 0.438. The Morgan fingerprint density at radius 3 is 2.86 bits per heavy atom. The fourth-order valence-corrected chi connectivity index (χ4v) is 2.76. The van der Waals surface area contributed by atoms with Gasteiger partial charge in [0.1, 0.15) is 5.69 Å². The fourth-order valence-electron chi connectivity index (χ4n) is 2.76. The molecule has 2 aromatic heterocycles. The summed E-state index contributed by atoms with van der Waals surface area (Å²) in [5, 5.41) is 7.48. The van der Waals surface area contributed by atoms with Gasteiger partial charge >= 0.3 is 0 Å². The van der Waals surface area contributed by atoms with E-state index in [0.29, 0.717) is 13.1 Å². The summed E-state index contributed by atoms with van der Waals surface area (Å²) in [5.74, 6) is 0.427. The van der Waals surface area contributed by atoms with E-state index in [0.717, 1.165) is 24.2 Å². The van der Waals surface area contributed by atoms with Gasteiger partial charge in [-0.1, -0.05) is 18.9 Å². The molecular weight excluding hydrogens is 264 g/mol. The maximum absolute atomic E-state index is 11.9. The Morgan fingerprint density at radius 1 is 1.24 bits per heavy atom. The van der Waals surface area contributed by atoms with Gasteiger partial charge < -0.3 is 5.32 Å². The second kappa shape index (κ2) is 6.52. The van der Waals surface area contributed by atoms with Gasteiger partial charge in [0, 0.05) is 24.9 Å². The highest BCUT2D eigenvalue weighted by atomic mass is 16.1. The lowest BCUT2D eigenvalue weighted by molar-refractivity contribution is -0.124. The summed E-state index contributed by atoms with van der Waals surface area (Å²) in [6, 6.07) is 7.72. The Morgan fingerprint density at radius 2 is 2.10 bits per heavy atom. The van der Waals surface area contributed by atoms with Crippen molar-refractivity contribution in [1.82, 2.24) is 20.1 Å². The van der Waals surface area contributed by atoms with Gasteiger partial charge in [-0.05, 0) is 31.0 Å². The van der Waals surface area contributed by atoms with Crippen molar-refractivity contribution in [2.24, 2.45) is 5.92 Å². The van der Waals surface area contributed by atoms with E-state index < -0.39 is 0 Å². The van der Waals surface area contributed by atoms with E-state index in [2.05, 4.69) is 15.4 Å². The normalized spacial score (nSPS) is 15.2. The molecule has 1 N–H and O–H groups in total. The summed E-state index contributed by atoms with van der Waals surface area (Å²) in [6.07, 6.45) is 8.13. The van der Waals surface area contributed by atoms with E-state index in [1.165, 1.54) is 12.8 Å². The van der Waals surface area contributed by atoms with Crippen LogP contribution in [0, 0.1) is 5.92 Å². The third-order valence-corrected chi connectivity index (χ3v) is 3.93. The van der Waals surface area contributed by atoms with Crippen molar-refractivity contribution in [3.8, 4) is 11.4 Å². The average Bonchev–Trinajstić information content (AvgIpc) is 3.20. The summed E-state index contributed by atoms with van der Waals surface area (Å²) >= 11 is 0. The number of carbonyl (C=O) groups is 1. The average molecular weight is 284 g/mol. The number of hydrogen-bond donors (Lipinski definition) is 1. The van der Waals surface area contributed by atoms with Crippen molar-refractivity contribution in [3.05, 3.63) is 36.7 Å². The van der Waals surface area contributed by atoms with E-state index in [1.807, 2.05) is 35.1 Å². The molecule has 5 nitrogen and oxygen atoms in total. The SMILES string of the molecule is O=C(NCCn1ccc(-c2ccccn2)n1)C1CCCC1. The van der Waals surface area contributed by atoms with Crippen molar-refractivity contribution < 1.29 is 4.79 Å². The molecule has 0 aliphatic heterocycles. The van der Waals surface area contributed by atoms with Crippen molar-refractivity contribution in [2.45, 2.75) is 32.2 Å². The molecular formula is C16H20N4O. The summed E-state index contributed by atoms with van der Waals surface area (Å²) < 4.78 is 1.85. The number of hydrogen-bond acceptors (Lipinski definition) is 3. The first-order valence-electron chi connectivity index (χ1n) is 7.55. The smallest absolute Gasteiger partial charge is 0.223 e. The van der Waals surface area contributed by atoms with Crippen LogP contribution in [0.5, 0.6) is 0 Å². The van der Waals surface area contributed by atoms with Crippen molar-refractivity contribution >= 4 is 5.91 Å². The number of nitrogens with zero attached hydrogens (tertiary/aromatic N) is 3. The lowest BCUT2D eigenvalue weighted by Crippen LogP contribution is -2.32. The summed E-state index contributed by atoms with van der Waals surface area (Å²) in [6.45, 7) is 1.31. The van der Waals surface area contributed by atoms with Crippen LogP contribution in [0.4, 0.5) is 0 Å². The summed E-state index contributed by atoms with van der Waals surface area (Å²) in [5.41, 5.74) is 1.73. The maximum Gasteiger partial charge on any atom is 0.223 e. The largest absolute Gasteiger partial charge is 0.354 e. The zero-order chi connectivity index (χ0) is 14.5. The number of nitrogens with one attached hydrogen (secondary N) is 1. The molecule has 1 saturated carbocycles. The molecule has 0 radical (unpaired) electrons. The minimum atomic E-state index is 0.199. The number of amides is 1. The standard InChI is InChI=1S/C16H20N4O/c21-16(13-5-1-2-6-13)18-10-12-20-11-8-15(19-20)14-7-3-4-9-17-14/h3-4,7-9,11,13H,1-2,5-6,10,12H2,(H,18,21). The quantitative estimate of drug-likeness (QED) is 0.916. The summed E-state index contributed by atoms with van der Waals surface area (Å²) in [4.78, 5) is 16.2. The third-order valence-electron chi connectivity index (χ3n) is 3.93. The first-order valence-corrected chi connectivity index (χ1v) is 7.55. The van der Waals surface area contributed by atoms with Gasteiger partial charge in [-0.15, -0.1) is 0 Å². The van der Waals surface area contributed by atoms with Gasteiger partial charge in [-0.3, -0.25) is 14.5 Å². The van der Waals surface area contributed by atoms with E-state index in [-0.39, 0.29) is 11.8 Å². The Bertz CT molecular complexity index is 587. The monoisotopic (exact) mass is 284 g/mol. The molecule has 0 saturated heterocycles. The van der Waals surface area contributed by atoms with Gasteiger partial charge in [-0.2, -0.15) is 5.10 Å². The van der Waals surface area contributed by atoms with Crippen LogP contribution in [0.1, 0.15) is 25.7 Å². The Labute approximate surface area is 124 Å². The molecule has 110 valence electrons. The lowest BCUT2D eigenvalue weighted by Gasteiger charge is -2.10. The minimum absolute atomic E-state index is 0.199. The number of carbonyl (C=O) groups excluding carboxylic acids is 1. The molecule has 0 bridgehead atoms. The van der Waals surface area contributed by atoms with Crippen molar-refractivity contribution in [3.63, 3.8) is 0 Å². The molecule has 0 aromatic carbocycles. The molecule has 0 atom stereocenters. The summed E-state index contributed by atoms with van der Waals surface area (Å²) in [7, 11) is 0. The van der Waals surface area contributed by atoms with Crippen LogP contribution in [-0.4, -0.2) is 27.2 Å². The zero-order valence-electron chi connectivity index (χ0n) is 12.0. The van der Waals surface area contributed by atoms with Crippen LogP contribution in [0.15, 0.2) is 36.7 Å². The van der Waals surface area contributed by atoms with Crippen LogP contribution in [0.3, 0.4) is 0 Å². The Hall–Kier alpha value is -2.17. The molecule has 0 spiro atoms. The molecule has 5 heteroatoms. The Kier molecular flexibility index (Phi) is 4.28. The van der Waals surface area contributed by atoms with Crippen LogP contribution < -0.4 is 5.32 Å². The molecule has 2 aromatic rings. The molecule has 2 heterocycles. The number of aromatic nitrogens is 3. The number of pyridine rings is 1. The molecule has 1 aliphatic rings. The van der Waals surface area contributed by atoms with Gasteiger partial charge in [0.25, 0.3) is 0 Å². The molecule has 1 aliphatic carbocycles. The Balaban J connectivity index is 1.50. The van der Waals surface area contributed by atoms with Crippen LogP contribution in [0.2, 0.25) is 0 Å². The molecule has 0 unspecified atom stereocenters. The maximum atomic E-state index is 11.9. The van der Waals surface area contributed by atoms with Crippen molar-refractivity contribution in [2.75, 3.05) is 6.54 Å². The van der Waals surface area contributed by atoms with Crippen LogP contribution in [0.25, 0.3) is 11.4 Å². The second-order valence-corrected chi connectivity index (χ2v) is 5.45. The second-order valence-electron chi connectivity index (χ2n) is 5.45. The first-order chi connectivity index (χ1) is 10.3. The zero-order valence-corrected chi connectivity index (χ0v) is 12.0. The highest BCUT2D eigenvalue weighted by Crippen LogP contribution is 2.24. The predicted molar refractivity (Wildman–Crippen MR) is 80.4 cm³/mol. The van der Waals surface area contributed by atoms with E-state index in [4.69, 9.17) is 0 Å². The number of rotatable bonds is 5. The van der Waals surface area contributed by atoms with E-state index >= 15 is 0 Å². The van der Waals surface area contributed by atoms with Crippen LogP contribution >= 0.6 is 0 Å². The molecule has 1 fully saturated rings. The van der Waals surface area contributed by atoms with Gasteiger partial charge in [0.15, 0.2) is 0 Å². The topological polar surface area (TPSA) is 59.8 Å². The van der Waals surface area contributed by atoms with Crippen LogP contribution in [-0.2, 0) is 11.3 Å². The van der Waals surface area contributed by atoms with E-state index in [9.17, 15) is 4.79 Å².